The van der Waals surface area contributed by atoms with Crippen molar-refractivity contribution in [3.63, 3.8) is 0 Å². The Labute approximate surface area is 179 Å². The average molecular weight is 422 g/mol. The molecule has 1 saturated carbocycles. The summed E-state index contributed by atoms with van der Waals surface area (Å²) >= 11 is 6.32. The summed E-state index contributed by atoms with van der Waals surface area (Å²) in [6.07, 6.45) is 4.16. The first-order valence-electron chi connectivity index (χ1n) is 10.2. The topological polar surface area (TPSA) is 85.9 Å². The fourth-order valence-electron chi connectivity index (χ4n) is 4.93. The van der Waals surface area contributed by atoms with E-state index in [-0.39, 0.29) is 6.04 Å². The first-order valence-corrected chi connectivity index (χ1v) is 10.5. The van der Waals surface area contributed by atoms with Crippen molar-refractivity contribution in [3.05, 3.63) is 58.1 Å². The zero-order valence-corrected chi connectivity index (χ0v) is 17.0. The molecule has 1 N–H and O–H groups in total. The smallest absolute Gasteiger partial charge is 0.449 e. The van der Waals surface area contributed by atoms with Crippen molar-refractivity contribution in [3.8, 4) is 11.8 Å². The lowest BCUT2D eigenvalue weighted by atomic mass is 9.69. The highest BCUT2D eigenvalue weighted by molar-refractivity contribution is 6.32. The van der Waals surface area contributed by atoms with Crippen LogP contribution in [0.3, 0.4) is 0 Å². The van der Waals surface area contributed by atoms with Gasteiger partial charge >= 0.3 is 6.16 Å². The standard InChI is InChI=1S/C23H20ClN3O3/c24-20-11-16(6-4-15(20)12-25)27-22(13-2-1-3-13)19-8-5-14-10-17(30-23(28)29)7-9-18(14)21(19)26-27/h4,6-7,9-11,13,19,22H,1-3,5,8H2,(H,28,29). The summed E-state index contributed by atoms with van der Waals surface area (Å²) in [5, 5.41) is 25.7. The maximum Gasteiger partial charge on any atom is 0.511 e. The van der Waals surface area contributed by atoms with Crippen LogP contribution in [-0.4, -0.2) is 23.0 Å². The predicted octanol–water partition coefficient (Wildman–Crippen LogP) is 5.22. The zero-order valence-electron chi connectivity index (χ0n) is 16.2. The third-order valence-electron chi connectivity index (χ3n) is 6.51. The molecule has 0 spiro atoms. The molecule has 5 rings (SSSR count). The Kier molecular flexibility index (Phi) is 4.63. The molecule has 0 radical (unpaired) electrons. The number of hydrogen-bond donors (Lipinski definition) is 1. The van der Waals surface area contributed by atoms with Crippen molar-refractivity contribution >= 4 is 29.2 Å². The summed E-state index contributed by atoms with van der Waals surface area (Å²) in [6.45, 7) is 0. The minimum Gasteiger partial charge on any atom is -0.449 e. The molecule has 0 aromatic heterocycles. The number of ether oxygens (including phenoxy) is 1. The van der Waals surface area contributed by atoms with Crippen molar-refractivity contribution in [2.45, 2.75) is 38.1 Å². The highest BCUT2D eigenvalue weighted by Crippen LogP contribution is 2.46. The number of aryl methyl sites for hydroxylation is 1. The molecule has 2 aliphatic carbocycles. The van der Waals surface area contributed by atoms with Gasteiger partial charge in [0.15, 0.2) is 0 Å². The second kappa shape index (κ2) is 7.33. The molecule has 2 atom stereocenters. The van der Waals surface area contributed by atoms with E-state index in [0.29, 0.717) is 28.2 Å². The molecule has 1 aliphatic heterocycles. The predicted molar refractivity (Wildman–Crippen MR) is 113 cm³/mol. The van der Waals surface area contributed by atoms with Crippen LogP contribution < -0.4 is 9.75 Å². The van der Waals surface area contributed by atoms with Gasteiger partial charge in [-0.1, -0.05) is 18.0 Å². The summed E-state index contributed by atoms with van der Waals surface area (Å²) in [6, 6.07) is 13.3. The van der Waals surface area contributed by atoms with Gasteiger partial charge in [0.2, 0.25) is 0 Å². The fraction of sp³-hybridized carbons (Fsp3) is 0.348. The summed E-state index contributed by atoms with van der Waals surface area (Å²) in [7, 11) is 0. The molecule has 7 heteroatoms. The number of anilines is 1. The summed E-state index contributed by atoms with van der Waals surface area (Å²) < 4.78 is 4.83. The summed E-state index contributed by atoms with van der Waals surface area (Å²) in [4.78, 5) is 10.9. The molecule has 0 bridgehead atoms. The minimum absolute atomic E-state index is 0.279. The lowest BCUT2D eigenvalue weighted by Gasteiger charge is -2.40. The van der Waals surface area contributed by atoms with Gasteiger partial charge in [0.25, 0.3) is 0 Å². The fourth-order valence-corrected chi connectivity index (χ4v) is 5.15. The minimum atomic E-state index is -1.31. The Balaban J connectivity index is 1.55. The Bertz CT molecular complexity index is 1100. The van der Waals surface area contributed by atoms with Gasteiger partial charge in [-0.05, 0) is 73.6 Å². The van der Waals surface area contributed by atoms with E-state index in [1.54, 1.807) is 12.1 Å². The number of rotatable bonds is 3. The number of fused-ring (bicyclic) bond motifs is 3. The quantitative estimate of drug-likeness (QED) is 0.542. The van der Waals surface area contributed by atoms with Gasteiger partial charge < -0.3 is 9.84 Å². The lowest BCUT2D eigenvalue weighted by Crippen LogP contribution is -2.44. The van der Waals surface area contributed by atoms with E-state index in [0.717, 1.165) is 35.4 Å². The van der Waals surface area contributed by atoms with Crippen molar-refractivity contribution in [1.82, 2.24) is 0 Å². The van der Waals surface area contributed by atoms with Crippen LogP contribution in [0.1, 0.15) is 42.4 Å². The molecule has 30 heavy (non-hydrogen) atoms. The van der Waals surface area contributed by atoms with E-state index in [1.165, 1.54) is 19.3 Å². The molecule has 2 unspecified atom stereocenters. The third-order valence-corrected chi connectivity index (χ3v) is 6.83. The van der Waals surface area contributed by atoms with Crippen molar-refractivity contribution in [2.24, 2.45) is 16.9 Å². The van der Waals surface area contributed by atoms with Crippen LogP contribution in [0.5, 0.6) is 5.75 Å². The molecular weight excluding hydrogens is 402 g/mol. The van der Waals surface area contributed by atoms with Crippen molar-refractivity contribution in [2.75, 3.05) is 5.01 Å². The van der Waals surface area contributed by atoms with Crippen LogP contribution in [0.15, 0.2) is 41.5 Å². The summed E-state index contributed by atoms with van der Waals surface area (Å²) in [5.74, 6) is 1.25. The highest BCUT2D eigenvalue weighted by atomic mass is 35.5. The number of carbonyl (C=O) groups is 1. The van der Waals surface area contributed by atoms with Gasteiger partial charge in [-0.15, -0.1) is 0 Å². The van der Waals surface area contributed by atoms with E-state index in [1.807, 2.05) is 24.3 Å². The normalized spacial score (nSPS) is 22.4. The molecule has 1 fully saturated rings. The van der Waals surface area contributed by atoms with Crippen LogP contribution in [0.25, 0.3) is 0 Å². The SMILES string of the molecule is N#Cc1ccc(N2N=C3c4ccc(OC(=O)O)cc4CCC3C2C2CCC2)cc1Cl. The van der Waals surface area contributed by atoms with Crippen molar-refractivity contribution in [1.29, 1.82) is 5.26 Å². The first kappa shape index (κ1) is 19.0. The molecule has 0 saturated heterocycles. The number of hydrogen-bond acceptors (Lipinski definition) is 5. The van der Waals surface area contributed by atoms with Gasteiger partial charge in [-0.25, -0.2) is 4.79 Å². The second-order valence-electron chi connectivity index (χ2n) is 8.12. The number of nitriles is 1. The number of carboxylic acid groups (broad SMARTS) is 1. The van der Waals surface area contributed by atoms with Crippen LogP contribution in [0.4, 0.5) is 10.5 Å². The molecule has 0 amide bonds. The summed E-state index contributed by atoms with van der Waals surface area (Å²) in [5.41, 5.74) is 4.55. The zero-order chi connectivity index (χ0) is 20.8. The average Bonchev–Trinajstić information content (AvgIpc) is 3.05. The number of benzene rings is 2. The Morgan fingerprint density at radius 3 is 2.73 bits per heavy atom. The molecule has 152 valence electrons. The van der Waals surface area contributed by atoms with E-state index in [4.69, 9.17) is 26.5 Å². The molecule has 2 aromatic rings. The van der Waals surface area contributed by atoms with Crippen molar-refractivity contribution < 1.29 is 14.6 Å². The van der Waals surface area contributed by atoms with Crippen LogP contribution >= 0.6 is 11.6 Å². The Hall–Kier alpha value is -3.04. The molecule has 6 nitrogen and oxygen atoms in total. The van der Waals surface area contributed by atoms with E-state index < -0.39 is 6.16 Å². The molecule has 3 aliphatic rings. The lowest BCUT2D eigenvalue weighted by molar-refractivity contribution is 0.144. The van der Waals surface area contributed by atoms with Crippen LogP contribution in [0, 0.1) is 23.2 Å². The van der Waals surface area contributed by atoms with Gasteiger partial charge in [-0.2, -0.15) is 10.4 Å². The molecule has 2 aromatic carbocycles. The first-order chi connectivity index (χ1) is 14.5. The number of hydrazone groups is 1. The maximum atomic E-state index is 10.9. The van der Waals surface area contributed by atoms with Crippen LogP contribution in [-0.2, 0) is 6.42 Å². The molecular formula is C23H20ClN3O3. The van der Waals surface area contributed by atoms with Crippen LogP contribution in [0.2, 0.25) is 5.02 Å². The van der Waals surface area contributed by atoms with Gasteiger partial charge in [0, 0.05) is 11.5 Å². The highest BCUT2D eigenvalue weighted by Gasteiger charge is 2.46. The van der Waals surface area contributed by atoms with E-state index >= 15 is 0 Å². The largest absolute Gasteiger partial charge is 0.511 e. The van der Waals surface area contributed by atoms with Gasteiger partial charge in [0.1, 0.15) is 11.8 Å². The van der Waals surface area contributed by atoms with Gasteiger partial charge in [0.05, 0.1) is 28.0 Å². The number of nitrogens with zero attached hydrogens (tertiary/aromatic N) is 3. The third kappa shape index (κ3) is 3.10. The number of halogens is 1. The second-order valence-corrected chi connectivity index (χ2v) is 8.53. The van der Waals surface area contributed by atoms with E-state index in [2.05, 4.69) is 11.1 Å². The van der Waals surface area contributed by atoms with E-state index in [9.17, 15) is 10.1 Å². The molecule has 1 heterocycles. The Morgan fingerprint density at radius 1 is 1.23 bits per heavy atom. The Morgan fingerprint density at radius 2 is 2.07 bits per heavy atom. The monoisotopic (exact) mass is 421 g/mol. The van der Waals surface area contributed by atoms with Gasteiger partial charge in [-0.3, -0.25) is 5.01 Å². The maximum absolute atomic E-state index is 10.9.